The van der Waals surface area contributed by atoms with Crippen LogP contribution in [0, 0.1) is 0 Å². The summed E-state index contributed by atoms with van der Waals surface area (Å²) in [6.07, 6.45) is 0. The molecule has 0 amide bonds. The zero-order chi connectivity index (χ0) is 8.20. The summed E-state index contributed by atoms with van der Waals surface area (Å²) in [6.45, 7) is 7.59. The van der Waals surface area contributed by atoms with Crippen LogP contribution < -0.4 is 16.8 Å². The second kappa shape index (κ2) is 3.91. The quantitative estimate of drug-likeness (QED) is 0.507. The lowest BCUT2D eigenvalue weighted by Gasteiger charge is -2.19. The van der Waals surface area contributed by atoms with Crippen LogP contribution in [0.3, 0.4) is 0 Å². The van der Waals surface area contributed by atoms with E-state index in [-0.39, 0.29) is 11.6 Å². The second-order valence-electron chi connectivity index (χ2n) is 3.60. The first kappa shape index (κ1) is 9.88. The minimum atomic E-state index is -0.130. The molecule has 0 aliphatic carbocycles. The molecule has 0 aliphatic rings. The highest BCUT2D eigenvalue weighted by molar-refractivity contribution is 4.75. The van der Waals surface area contributed by atoms with Crippen molar-refractivity contribution in [3.63, 3.8) is 0 Å². The summed E-state index contributed by atoms with van der Waals surface area (Å²) in [5.41, 5.74) is 11.1. The Morgan fingerprint density at radius 1 is 1.50 bits per heavy atom. The van der Waals surface area contributed by atoms with Gasteiger partial charge in [-0.3, -0.25) is 0 Å². The first-order chi connectivity index (χ1) is 4.42. The Morgan fingerprint density at radius 2 is 2.00 bits per heavy atom. The van der Waals surface area contributed by atoms with E-state index >= 15 is 0 Å². The van der Waals surface area contributed by atoms with Gasteiger partial charge in [0.15, 0.2) is 0 Å². The lowest BCUT2D eigenvalue weighted by atomic mass is 10.1. The molecule has 0 saturated carbocycles. The van der Waals surface area contributed by atoms with Gasteiger partial charge in [0.1, 0.15) is 0 Å². The van der Waals surface area contributed by atoms with E-state index in [4.69, 9.17) is 11.5 Å². The predicted molar refractivity (Wildman–Crippen MR) is 44.8 cm³/mol. The molecule has 0 fully saturated rings. The summed E-state index contributed by atoms with van der Waals surface area (Å²) < 4.78 is 0. The van der Waals surface area contributed by atoms with Crippen molar-refractivity contribution in [3.8, 4) is 0 Å². The third-order valence-electron chi connectivity index (χ3n) is 1.05. The fraction of sp³-hybridized carbons (Fsp3) is 1.00. The van der Waals surface area contributed by atoms with Gasteiger partial charge >= 0.3 is 0 Å². The van der Waals surface area contributed by atoms with Gasteiger partial charge in [-0.05, 0) is 20.8 Å². The molecule has 0 spiro atoms. The molecule has 0 aliphatic heterocycles. The topological polar surface area (TPSA) is 64.1 Å². The van der Waals surface area contributed by atoms with Crippen molar-refractivity contribution in [2.45, 2.75) is 32.4 Å². The predicted octanol–water partition coefficient (Wildman–Crippen LogP) is -0.339. The Hall–Kier alpha value is -0.120. The molecule has 5 N–H and O–H groups in total. The number of rotatable bonds is 4. The van der Waals surface area contributed by atoms with Crippen LogP contribution >= 0.6 is 0 Å². The average molecular weight is 145 g/mol. The Kier molecular flexibility index (Phi) is 3.86. The van der Waals surface area contributed by atoms with Crippen LogP contribution in [0.15, 0.2) is 0 Å². The lowest BCUT2D eigenvalue weighted by Crippen LogP contribution is -2.45. The first-order valence-electron chi connectivity index (χ1n) is 3.67. The minimum absolute atomic E-state index is 0.130. The molecule has 0 bridgehead atoms. The van der Waals surface area contributed by atoms with Gasteiger partial charge in [0.05, 0.1) is 0 Å². The van der Waals surface area contributed by atoms with Gasteiger partial charge in [0.25, 0.3) is 0 Å². The molecule has 0 aromatic heterocycles. The molecule has 1 atom stereocenters. The summed E-state index contributed by atoms with van der Waals surface area (Å²) in [4.78, 5) is 0. The van der Waals surface area contributed by atoms with Crippen LogP contribution in [0.1, 0.15) is 20.8 Å². The number of nitrogens with two attached hydrogens (primary N) is 2. The molecule has 3 heteroatoms. The van der Waals surface area contributed by atoms with Crippen molar-refractivity contribution < 1.29 is 0 Å². The zero-order valence-corrected chi connectivity index (χ0v) is 7.15. The number of nitrogens with one attached hydrogen (secondary N) is 1. The summed E-state index contributed by atoms with van der Waals surface area (Å²) in [5, 5.41) is 3.17. The minimum Gasteiger partial charge on any atom is -0.327 e. The third kappa shape index (κ3) is 7.88. The highest BCUT2D eigenvalue weighted by Crippen LogP contribution is 1.91. The maximum absolute atomic E-state index is 5.72. The van der Waals surface area contributed by atoms with E-state index in [2.05, 4.69) is 5.32 Å². The Morgan fingerprint density at radius 3 is 2.30 bits per heavy atom. The molecule has 3 nitrogen and oxygen atoms in total. The van der Waals surface area contributed by atoms with Crippen molar-refractivity contribution >= 4 is 0 Å². The van der Waals surface area contributed by atoms with E-state index in [0.29, 0.717) is 0 Å². The summed E-state index contributed by atoms with van der Waals surface area (Å²) in [5.74, 6) is 0. The summed E-state index contributed by atoms with van der Waals surface area (Å²) in [7, 11) is 0. The average Bonchev–Trinajstić information content (AvgIpc) is 1.59. The van der Waals surface area contributed by atoms with Crippen molar-refractivity contribution in [2.75, 3.05) is 13.1 Å². The second-order valence-corrected chi connectivity index (χ2v) is 3.60. The van der Waals surface area contributed by atoms with Crippen LogP contribution in [0.4, 0.5) is 0 Å². The largest absolute Gasteiger partial charge is 0.327 e. The van der Waals surface area contributed by atoms with E-state index < -0.39 is 0 Å². The Bertz CT molecular complexity index is 83.3. The van der Waals surface area contributed by atoms with Gasteiger partial charge in [-0.1, -0.05) is 0 Å². The number of hydrogen-bond acceptors (Lipinski definition) is 3. The van der Waals surface area contributed by atoms with Crippen molar-refractivity contribution in [1.82, 2.24) is 5.32 Å². The molecule has 0 aromatic carbocycles. The molecular weight excluding hydrogens is 126 g/mol. The highest BCUT2D eigenvalue weighted by Gasteiger charge is 2.08. The van der Waals surface area contributed by atoms with E-state index in [1.807, 2.05) is 20.8 Å². The van der Waals surface area contributed by atoms with Crippen molar-refractivity contribution in [2.24, 2.45) is 11.5 Å². The van der Waals surface area contributed by atoms with E-state index in [1.54, 1.807) is 0 Å². The van der Waals surface area contributed by atoms with Gasteiger partial charge in [-0.15, -0.1) is 0 Å². The smallest absolute Gasteiger partial charge is 0.0223 e. The van der Waals surface area contributed by atoms with Crippen molar-refractivity contribution in [1.29, 1.82) is 0 Å². The highest BCUT2D eigenvalue weighted by atomic mass is 14.9. The molecule has 1 unspecified atom stereocenters. The monoisotopic (exact) mass is 145 g/mol. The first-order valence-corrected chi connectivity index (χ1v) is 3.67. The fourth-order valence-electron chi connectivity index (χ4n) is 0.622. The molecule has 10 heavy (non-hydrogen) atoms. The van der Waals surface area contributed by atoms with Gasteiger partial charge < -0.3 is 16.8 Å². The van der Waals surface area contributed by atoms with Gasteiger partial charge in [-0.25, -0.2) is 0 Å². The van der Waals surface area contributed by atoms with E-state index in [9.17, 15) is 0 Å². The summed E-state index contributed by atoms with van der Waals surface area (Å²) in [6, 6.07) is 0.211. The van der Waals surface area contributed by atoms with E-state index in [0.717, 1.165) is 13.1 Å². The molecule has 0 heterocycles. The van der Waals surface area contributed by atoms with Crippen molar-refractivity contribution in [3.05, 3.63) is 0 Å². The Balaban J connectivity index is 3.21. The van der Waals surface area contributed by atoms with Gasteiger partial charge in [-0.2, -0.15) is 0 Å². The van der Waals surface area contributed by atoms with Crippen LogP contribution in [-0.2, 0) is 0 Å². The molecule has 62 valence electrons. The Labute approximate surface area is 63.2 Å². The van der Waals surface area contributed by atoms with Gasteiger partial charge in [0.2, 0.25) is 0 Å². The third-order valence-corrected chi connectivity index (χ3v) is 1.05. The molecule has 0 radical (unpaired) electrons. The molecule has 0 aromatic rings. The van der Waals surface area contributed by atoms with Crippen LogP contribution in [0.2, 0.25) is 0 Å². The normalized spacial score (nSPS) is 15.3. The maximum Gasteiger partial charge on any atom is 0.0223 e. The van der Waals surface area contributed by atoms with Crippen LogP contribution in [-0.4, -0.2) is 24.7 Å². The molecular formula is C7H19N3. The molecule has 0 saturated heterocycles. The lowest BCUT2D eigenvalue weighted by molar-refractivity contribution is 0.457. The van der Waals surface area contributed by atoms with Gasteiger partial charge in [0, 0.05) is 24.7 Å². The van der Waals surface area contributed by atoms with Crippen LogP contribution in [0.5, 0.6) is 0 Å². The fourth-order valence-corrected chi connectivity index (χ4v) is 0.622. The summed E-state index contributed by atoms with van der Waals surface area (Å²) >= 11 is 0. The number of hydrogen-bond donors (Lipinski definition) is 3. The van der Waals surface area contributed by atoms with Crippen LogP contribution in [0.25, 0.3) is 0 Å². The SMILES string of the molecule is CC(N)CNCC(C)(C)N. The molecule has 0 rings (SSSR count). The maximum atomic E-state index is 5.72. The standard InChI is InChI=1S/C7H19N3/c1-6(8)4-10-5-7(2,3)9/h6,10H,4-5,8-9H2,1-3H3. The zero-order valence-electron chi connectivity index (χ0n) is 7.15. The van der Waals surface area contributed by atoms with E-state index in [1.165, 1.54) is 0 Å².